The fraction of sp³-hybridized carbons (Fsp3) is 0.786. The molecule has 0 saturated heterocycles. The molecular formula is C14H26N2O. The lowest BCUT2D eigenvalue weighted by atomic mass is 10.1. The predicted molar refractivity (Wildman–Crippen MR) is 70.8 cm³/mol. The first kappa shape index (κ1) is 14.2. The summed E-state index contributed by atoms with van der Waals surface area (Å²) in [5.41, 5.74) is 0. The highest BCUT2D eigenvalue weighted by Crippen LogP contribution is 2.10. The Kier molecular flexibility index (Phi) is 7.72. The van der Waals surface area contributed by atoms with Crippen molar-refractivity contribution in [2.24, 2.45) is 0 Å². The van der Waals surface area contributed by atoms with Gasteiger partial charge in [0.2, 0.25) is 0 Å². The average molecular weight is 238 g/mol. The van der Waals surface area contributed by atoms with Gasteiger partial charge in [0.1, 0.15) is 0 Å². The Morgan fingerprint density at radius 1 is 1.12 bits per heavy atom. The summed E-state index contributed by atoms with van der Waals surface area (Å²) in [6, 6.07) is 0. The molecule has 1 aromatic heterocycles. The Bertz CT molecular complexity index is 259. The number of aliphatic hydroxyl groups excluding tert-OH is 1. The molecule has 1 unspecified atom stereocenters. The number of imidazole rings is 1. The van der Waals surface area contributed by atoms with Crippen molar-refractivity contribution in [1.82, 2.24) is 9.55 Å². The lowest BCUT2D eigenvalue weighted by molar-refractivity contribution is 0.145. The first-order chi connectivity index (χ1) is 8.33. The maximum absolute atomic E-state index is 9.82. The van der Waals surface area contributed by atoms with Gasteiger partial charge in [-0.3, -0.25) is 0 Å². The molecule has 1 aromatic rings. The van der Waals surface area contributed by atoms with Crippen molar-refractivity contribution in [2.75, 3.05) is 0 Å². The maximum atomic E-state index is 9.82. The summed E-state index contributed by atoms with van der Waals surface area (Å²) < 4.78 is 2.02. The minimum atomic E-state index is -0.149. The third-order valence-corrected chi connectivity index (χ3v) is 3.17. The van der Waals surface area contributed by atoms with Gasteiger partial charge in [0.25, 0.3) is 0 Å². The van der Waals surface area contributed by atoms with E-state index in [1.165, 1.54) is 32.1 Å². The van der Waals surface area contributed by atoms with Crippen LogP contribution in [0.3, 0.4) is 0 Å². The molecule has 0 saturated carbocycles. The summed E-state index contributed by atoms with van der Waals surface area (Å²) in [4.78, 5) is 3.99. The van der Waals surface area contributed by atoms with E-state index in [0.717, 1.165) is 25.8 Å². The van der Waals surface area contributed by atoms with Crippen molar-refractivity contribution in [1.29, 1.82) is 0 Å². The standard InChI is InChI=1S/C14H26N2O/c1-2-3-4-5-6-7-8-14(17)9-11-16-12-10-15-13-16/h10,12-14,17H,2-9,11H2,1H3. The van der Waals surface area contributed by atoms with Gasteiger partial charge >= 0.3 is 0 Å². The Hall–Kier alpha value is -0.830. The van der Waals surface area contributed by atoms with Crippen molar-refractivity contribution in [2.45, 2.75) is 70.9 Å². The highest BCUT2D eigenvalue weighted by atomic mass is 16.3. The Morgan fingerprint density at radius 3 is 2.59 bits per heavy atom. The fourth-order valence-electron chi connectivity index (χ4n) is 2.02. The van der Waals surface area contributed by atoms with Gasteiger partial charge in [0, 0.05) is 18.9 Å². The lowest BCUT2D eigenvalue weighted by Gasteiger charge is -2.10. The second-order valence-electron chi connectivity index (χ2n) is 4.80. The number of aryl methyl sites for hydroxylation is 1. The van der Waals surface area contributed by atoms with Crippen LogP contribution >= 0.6 is 0 Å². The second kappa shape index (κ2) is 9.23. The number of nitrogens with zero attached hydrogens (tertiary/aromatic N) is 2. The highest BCUT2D eigenvalue weighted by molar-refractivity contribution is 4.74. The summed E-state index contributed by atoms with van der Waals surface area (Å²) >= 11 is 0. The van der Waals surface area contributed by atoms with Crippen molar-refractivity contribution >= 4 is 0 Å². The second-order valence-corrected chi connectivity index (χ2v) is 4.80. The molecule has 1 atom stereocenters. The average Bonchev–Trinajstić information content (AvgIpc) is 2.84. The van der Waals surface area contributed by atoms with Gasteiger partial charge in [-0.1, -0.05) is 45.4 Å². The van der Waals surface area contributed by atoms with Gasteiger partial charge in [0.05, 0.1) is 12.4 Å². The van der Waals surface area contributed by atoms with Gasteiger partial charge in [-0.2, -0.15) is 0 Å². The first-order valence-corrected chi connectivity index (χ1v) is 6.96. The van der Waals surface area contributed by atoms with Crippen molar-refractivity contribution in [3.63, 3.8) is 0 Å². The predicted octanol–water partition coefficient (Wildman–Crippen LogP) is 3.38. The molecule has 0 spiro atoms. The number of unbranched alkanes of at least 4 members (excludes halogenated alkanes) is 5. The zero-order valence-corrected chi connectivity index (χ0v) is 11.0. The number of aromatic nitrogens is 2. The van der Waals surface area contributed by atoms with E-state index in [0.29, 0.717) is 0 Å². The lowest BCUT2D eigenvalue weighted by Crippen LogP contribution is -2.10. The van der Waals surface area contributed by atoms with Crippen LogP contribution in [0, 0.1) is 0 Å². The van der Waals surface area contributed by atoms with Gasteiger partial charge in [-0.05, 0) is 12.8 Å². The Labute approximate surface area is 105 Å². The molecule has 1 heterocycles. The third-order valence-electron chi connectivity index (χ3n) is 3.17. The molecule has 0 aromatic carbocycles. The summed E-state index contributed by atoms with van der Waals surface area (Å²) in [6.07, 6.45) is 14.9. The van der Waals surface area contributed by atoms with Crippen LogP contribution in [0.4, 0.5) is 0 Å². The molecule has 98 valence electrons. The first-order valence-electron chi connectivity index (χ1n) is 6.96. The van der Waals surface area contributed by atoms with Crippen LogP contribution in [-0.4, -0.2) is 20.8 Å². The maximum Gasteiger partial charge on any atom is 0.0945 e. The SMILES string of the molecule is CCCCCCCCC(O)CCn1ccnc1. The van der Waals surface area contributed by atoms with Crippen LogP contribution in [-0.2, 0) is 6.54 Å². The van der Waals surface area contributed by atoms with E-state index in [1.807, 2.05) is 10.8 Å². The van der Waals surface area contributed by atoms with Crippen LogP contribution in [0.25, 0.3) is 0 Å². The summed E-state index contributed by atoms with van der Waals surface area (Å²) in [5, 5.41) is 9.82. The molecule has 0 aliphatic carbocycles. The minimum absolute atomic E-state index is 0.149. The van der Waals surface area contributed by atoms with Gasteiger partial charge < -0.3 is 9.67 Å². The summed E-state index contributed by atoms with van der Waals surface area (Å²) in [5.74, 6) is 0. The molecular weight excluding hydrogens is 212 g/mol. The number of hydrogen-bond acceptors (Lipinski definition) is 2. The molecule has 0 fully saturated rings. The van der Waals surface area contributed by atoms with Crippen LogP contribution < -0.4 is 0 Å². The normalized spacial score (nSPS) is 12.8. The molecule has 0 aliphatic rings. The van der Waals surface area contributed by atoms with Crippen molar-refractivity contribution in [3.05, 3.63) is 18.7 Å². The molecule has 0 bridgehead atoms. The third kappa shape index (κ3) is 7.16. The van der Waals surface area contributed by atoms with E-state index >= 15 is 0 Å². The summed E-state index contributed by atoms with van der Waals surface area (Å²) in [7, 11) is 0. The van der Waals surface area contributed by atoms with Crippen LogP contribution in [0.2, 0.25) is 0 Å². The number of hydrogen-bond donors (Lipinski definition) is 1. The van der Waals surface area contributed by atoms with E-state index in [1.54, 1.807) is 12.5 Å². The van der Waals surface area contributed by atoms with E-state index in [9.17, 15) is 5.11 Å². The van der Waals surface area contributed by atoms with Crippen LogP contribution in [0.5, 0.6) is 0 Å². The topological polar surface area (TPSA) is 38.0 Å². The zero-order valence-electron chi connectivity index (χ0n) is 11.0. The minimum Gasteiger partial charge on any atom is -0.393 e. The summed E-state index contributed by atoms with van der Waals surface area (Å²) in [6.45, 7) is 3.11. The van der Waals surface area contributed by atoms with E-state index in [2.05, 4.69) is 11.9 Å². The Morgan fingerprint density at radius 2 is 1.88 bits per heavy atom. The zero-order chi connectivity index (χ0) is 12.3. The van der Waals surface area contributed by atoms with Crippen LogP contribution in [0.15, 0.2) is 18.7 Å². The largest absolute Gasteiger partial charge is 0.393 e. The molecule has 17 heavy (non-hydrogen) atoms. The van der Waals surface area contributed by atoms with Crippen LogP contribution in [0.1, 0.15) is 58.3 Å². The molecule has 1 rings (SSSR count). The molecule has 3 nitrogen and oxygen atoms in total. The van der Waals surface area contributed by atoms with Gasteiger partial charge in [-0.25, -0.2) is 4.98 Å². The smallest absolute Gasteiger partial charge is 0.0945 e. The van der Waals surface area contributed by atoms with Gasteiger partial charge in [-0.15, -0.1) is 0 Å². The van der Waals surface area contributed by atoms with Crippen molar-refractivity contribution in [3.8, 4) is 0 Å². The van der Waals surface area contributed by atoms with E-state index in [4.69, 9.17) is 0 Å². The molecule has 0 amide bonds. The van der Waals surface area contributed by atoms with Gasteiger partial charge in [0.15, 0.2) is 0 Å². The molecule has 0 radical (unpaired) electrons. The molecule has 0 aliphatic heterocycles. The molecule has 1 N–H and O–H groups in total. The number of rotatable bonds is 10. The monoisotopic (exact) mass is 238 g/mol. The van der Waals surface area contributed by atoms with Crippen molar-refractivity contribution < 1.29 is 5.11 Å². The number of aliphatic hydroxyl groups is 1. The Balaban J connectivity index is 1.92. The van der Waals surface area contributed by atoms with E-state index < -0.39 is 0 Å². The van der Waals surface area contributed by atoms with E-state index in [-0.39, 0.29) is 6.10 Å². The fourth-order valence-corrected chi connectivity index (χ4v) is 2.02. The quantitative estimate of drug-likeness (QED) is 0.634. The highest BCUT2D eigenvalue weighted by Gasteiger charge is 2.03. The molecule has 3 heteroatoms.